The number of aliphatic carboxylic acids is 1. The van der Waals surface area contributed by atoms with E-state index < -0.39 is 11.9 Å². The fourth-order valence-electron chi connectivity index (χ4n) is 2.97. The number of fused-ring (bicyclic) bond motifs is 1. The van der Waals surface area contributed by atoms with Gasteiger partial charge >= 0.3 is 5.97 Å². The summed E-state index contributed by atoms with van der Waals surface area (Å²) in [7, 11) is 3.85. The quantitative estimate of drug-likeness (QED) is 0.913. The minimum Gasteiger partial charge on any atom is -0.481 e. The van der Waals surface area contributed by atoms with Gasteiger partial charge in [0.15, 0.2) is 0 Å². The summed E-state index contributed by atoms with van der Waals surface area (Å²) in [5.41, 5.74) is 2.05. The molecule has 6 nitrogen and oxygen atoms in total. The van der Waals surface area contributed by atoms with Gasteiger partial charge in [-0.1, -0.05) is 18.2 Å². The molecule has 0 spiro atoms. The van der Waals surface area contributed by atoms with E-state index in [2.05, 4.69) is 5.10 Å². The van der Waals surface area contributed by atoms with Crippen LogP contribution in [-0.4, -0.2) is 52.1 Å². The minimum atomic E-state index is -0.796. The third-order valence-corrected chi connectivity index (χ3v) is 4.17. The number of likely N-dealkylation sites (N-methyl/N-ethyl adjacent to an activating group) is 1. The Kier molecular flexibility index (Phi) is 3.65. The zero-order valence-electron chi connectivity index (χ0n) is 12.2. The second-order valence-corrected chi connectivity index (χ2v) is 5.55. The zero-order chi connectivity index (χ0) is 15.0. The van der Waals surface area contributed by atoms with E-state index in [1.54, 1.807) is 0 Å². The Balaban J connectivity index is 1.83. The van der Waals surface area contributed by atoms with Gasteiger partial charge in [0, 0.05) is 25.0 Å². The van der Waals surface area contributed by atoms with Crippen LogP contribution in [0.15, 0.2) is 24.3 Å². The van der Waals surface area contributed by atoms with E-state index in [4.69, 9.17) is 4.74 Å². The van der Waals surface area contributed by atoms with Crippen LogP contribution in [0.25, 0.3) is 10.9 Å². The molecule has 2 heterocycles. The van der Waals surface area contributed by atoms with Crippen molar-refractivity contribution in [1.29, 1.82) is 0 Å². The largest absolute Gasteiger partial charge is 0.481 e. The van der Waals surface area contributed by atoms with E-state index in [1.165, 1.54) is 0 Å². The number of rotatable bonds is 4. The lowest BCUT2D eigenvalue weighted by Gasteiger charge is -2.25. The second-order valence-electron chi connectivity index (χ2n) is 5.55. The number of carboxylic acids is 1. The third-order valence-electron chi connectivity index (χ3n) is 4.17. The molecule has 2 unspecified atom stereocenters. The van der Waals surface area contributed by atoms with Crippen molar-refractivity contribution in [2.24, 2.45) is 13.0 Å². The molecule has 1 N–H and O–H groups in total. The Morgan fingerprint density at radius 3 is 3.00 bits per heavy atom. The van der Waals surface area contributed by atoms with E-state index in [1.807, 2.05) is 47.9 Å². The molecular formula is C15H19N3O3. The second kappa shape index (κ2) is 5.46. The summed E-state index contributed by atoms with van der Waals surface area (Å²) in [5, 5.41) is 14.9. The van der Waals surface area contributed by atoms with Crippen LogP contribution in [0.3, 0.4) is 0 Å². The van der Waals surface area contributed by atoms with Gasteiger partial charge in [-0.2, -0.15) is 5.10 Å². The number of nitrogens with zero attached hydrogens (tertiary/aromatic N) is 3. The molecule has 0 aliphatic carbocycles. The fraction of sp³-hybridized carbons (Fsp3) is 0.467. The average Bonchev–Trinajstić information content (AvgIpc) is 3.06. The summed E-state index contributed by atoms with van der Waals surface area (Å²) in [6.07, 6.45) is 0. The highest BCUT2D eigenvalue weighted by atomic mass is 16.5. The number of hydrogen-bond donors (Lipinski definition) is 1. The van der Waals surface area contributed by atoms with Gasteiger partial charge in [-0.05, 0) is 13.1 Å². The van der Waals surface area contributed by atoms with Gasteiger partial charge in [0.2, 0.25) is 0 Å². The monoisotopic (exact) mass is 289 g/mol. The molecule has 1 saturated heterocycles. The maximum atomic E-state index is 11.3. The smallest absolute Gasteiger partial charge is 0.310 e. The summed E-state index contributed by atoms with van der Waals surface area (Å²) in [6.45, 7) is 1.35. The maximum absolute atomic E-state index is 11.3. The Morgan fingerprint density at radius 1 is 1.48 bits per heavy atom. The number of benzene rings is 1. The molecule has 21 heavy (non-hydrogen) atoms. The van der Waals surface area contributed by atoms with Crippen molar-refractivity contribution in [1.82, 2.24) is 14.7 Å². The van der Waals surface area contributed by atoms with Crippen molar-refractivity contribution in [3.8, 4) is 0 Å². The molecule has 1 aliphatic heterocycles. The lowest BCUT2D eigenvalue weighted by atomic mass is 10.0. The highest BCUT2D eigenvalue weighted by Gasteiger charge is 2.36. The van der Waals surface area contributed by atoms with Crippen LogP contribution >= 0.6 is 0 Å². The van der Waals surface area contributed by atoms with Crippen LogP contribution in [-0.2, 0) is 23.1 Å². The van der Waals surface area contributed by atoms with Crippen molar-refractivity contribution < 1.29 is 14.6 Å². The lowest BCUT2D eigenvalue weighted by molar-refractivity contribution is -0.143. The van der Waals surface area contributed by atoms with Gasteiger partial charge in [0.05, 0.1) is 30.3 Å². The normalized spacial score (nSPS) is 22.2. The summed E-state index contributed by atoms with van der Waals surface area (Å²) in [6, 6.07) is 7.95. The first-order valence-corrected chi connectivity index (χ1v) is 6.99. The van der Waals surface area contributed by atoms with E-state index in [0.717, 1.165) is 16.6 Å². The molecular weight excluding hydrogens is 270 g/mol. The number of ether oxygens (including phenoxy) is 1. The third kappa shape index (κ3) is 2.52. The van der Waals surface area contributed by atoms with Crippen LogP contribution < -0.4 is 0 Å². The number of aromatic nitrogens is 2. The Labute approximate surface area is 122 Å². The average molecular weight is 289 g/mol. The highest BCUT2D eigenvalue weighted by Crippen LogP contribution is 2.23. The molecule has 3 rings (SSSR count). The number of carbonyl (C=O) groups is 1. The number of hydrogen-bond acceptors (Lipinski definition) is 4. The lowest BCUT2D eigenvalue weighted by Crippen LogP contribution is -2.40. The fourth-order valence-corrected chi connectivity index (χ4v) is 2.97. The molecule has 1 aromatic carbocycles. The van der Waals surface area contributed by atoms with Gasteiger partial charge < -0.3 is 9.84 Å². The Bertz CT molecular complexity index is 667. The molecule has 0 bridgehead atoms. The van der Waals surface area contributed by atoms with Crippen LogP contribution in [0.5, 0.6) is 0 Å². The Hall–Kier alpha value is -1.92. The van der Waals surface area contributed by atoms with Gasteiger partial charge in [0.25, 0.3) is 0 Å². The number of carboxylic acid groups (broad SMARTS) is 1. The summed E-state index contributed by atoms with van der Waals surface area (Å²) < 4.78 is 7.19. The van der Waals surface area contributed by atoms with Crippen LogP contribution in [0, 0.1) is 5.92 Å². The van der Waals surface area contributed by atoms with Crippen LogP contribution in [0.4, 0.5) is 0 Å². The predicted octanol–water partition coefficient (Wildman–Crippen LogP) is 1.10. The first-order valence-electron chi connectivity index (χ1n) is 6.99. The van der Waals surface area contributed by atoms with E-state index >= 15 is 0 Å². The Morgan fingerprint density at radius 2 is 2.24 bits per heavy atom. The molecule has 1 aliphatic rings. The minimum absolute atomic E-state index is 0.108. The molecule has 6 heteroatoms. The van der Waals surface area contributed by atoms with Gasteiger partial charge in [-0.25, -0.2) is 0 Å². The van der Waals surface area contributed by atoms with Crippen molar-refractivity contribution in [2.75, 3.05) is 20.3 Å². The molecule has 0 amide bonds. The van der Waals surface area contributed by atoms with E-state index in [-0.39, 0.29) is 12.6 Å². The summed E-state index contributed by atoms with van der Waals surface area (Å²) >= 11 is 0. The van der Waals surface area contributed by atoms with Crippen molar-refractivity contribution >= 4 is 16.9 Å². The SMILES string of the molecule is CN(Cc1nn(C)c2ccccc12)C1COCC1C(=O)O. The molecule has 0 saturated carbocycles. The molecule has 1 fully saturated rings. The maximum Gasteiger partial charge on any atom is 0.310 e. The van der Waals surface area contributed by atoms with Crippen LogP contribution in [0.1, 0.15) is 5.69 Å². The van der Waals surface area contributed by atoms with Crippen molar-refractivity contribution in [3.05, 3.63) is 30.0 Å². The van der Waals surface area contributed by atoms with Gasteiger partial charge in [-0.3, -0.25) is 14.4 Å². The summed E-state index contributed by atoms with van der Waals surface area (Å²) in [5.74, 6) is -1.26. The number of aryl methyl sites for hydroxylation is 1. The van der Waals surface area contributed by atoms with Gasteiger partial charge in [-0.15, -0.1) is 0 Å². The van der Waals surface area contributed by atoms with Crippen molar-refractivity contribution in [3.63, 3.8) is 0 Å². The first kappa shape index (κ1) is 14.0. The molecule has 0 radical (unpaired) electrons. The molecule has 2 atom stereocenters. The van der Waals surface area contributed by atoms with E-state index in [0.29, 0.717) is 13.2 Å². The molecule has 2 aromatic rings. The highest BCUT2D eigenvalue weighted by molar-refractivity contribution is 5.81. The van der Waals surface area contributed by atoms with Crippen LogP contribution in [0.2, 0.25) is 0 Å². The summed E-state index contributed by atoms with van der Waals surface area (Å²) in [4.78, 5) is 13.3. The standard InChI is InChI=1S/C15H19N3O3/c1-17(14-9-21-8-11(14)15(19)20)7-12-10-5-3-4-6-13(10)18(2)16-12/h3-6,11,14H,7-9H2,1-2H3,(H,19,20). The predicted molar refractivity (Wildman–Crippen MR) is 77.9 cm³/mol. The zero-order valence-corrected chi connectivity index (χ0v) is 12.2. The first-order chi connectivity index (χ1) is 10.1. The molecule has 112 valence electrons. The van der Waals surface area contributed by atoms with Crippen molar-refractivity contribution in [2.45, 2.75) is 12.6 Å². The van der Waals surface area contributed by atoms with Gasteiger partial charge in [0.1, 0.15) is 0 Å². The molecule has 1 aromatic heterocycles. The number of para-hydroxylation sites is 1. The topological polar surface area (TPSA) is 67.6 Å². The van der Waals surface area contributed by atoms with E-state index in [9.17, 15) is 9.90 Å².